The van der Waals surface area contributed by atoms with Gasteiger partial charge in [0.2, 0.25) is 0 Å². The largest absolute Gasteiger partial charge is 0.131 e. The quantitative estimate of drug-likeness (QED) is 0.320. The Kier molecular flexibility index (Phi) is 5.58. The first-order valence-electron chi connectivity index (χ1n) is 4.94. The Labute approximate surface area is 152 Å². The second-order valence-electron chi connectivity index (χ2n) is 3.76. The van der Waals surface area contributed by atoms with Gasteiger partial charge in [0.1, 0.15) is 0 Å². The summed E-state index contributed by atoms with van der Waals surface area (Å²) in [6, 6.07) is 6.42. The van der Waals surface area contributed by atoms with Crippen molar-refractivity contribution in [2.75, 3.05) is 0 Å². The van der Waals surface area contributed by atoms with Crippen molar-refractivity contribution in [3.05, 3.63) is 51.4 Å². The fourth-order valence-corrected chi connectivity index (χ4v) is 5.73. The number of rotatable bonds is 2. The van der Waals surface area contributed by atoms with E-state index in [0.29, 0.717) is 0 Å². The SMILES string of the molecule is Cc1cc(Br)c(C(Br)c2cc(Br)c(Br)s2)cc1Br. The predicted octanol–water partition coefficient (Wildman–Crippen LogP) is 7.59. The van der Waals surface area contributed by atoms with E-state index in [1.165, 1.54) is 16.0 Å². The maximum absolute atomic E-state index is 3.77. The van der Waals surface area contributed by atoms with Crippen molar-refractivity contribution in [2.24, 2.45) is 0 Å². The van der Waals surface area contributed by atoms with E-state index in [-0.39, 0.29) is 4.83 Å². The van der Waals surface area contributed by atoms with E-state index in [9.17, 15) is 0 Å². The molecule has 2 aromatic rings. The highest BCUT2D eigenvalue weighted by atomic mass is 79.9. The lowest BCUT2D eigenvalue weighted by atomic mass is 10.1. The molecule has 0 bridgehead atoms. The van der Waals surface area contributed by atoms with Crippen LogP contribution in [-0.2, 0) is 0 Å². The van der Waals surface area contributed by atoms with Crippen LogP contribution in [0.5, 0.6) is 0 Å². The molecule has 0 fully saturated rings. The zero-order valence-corrected chi connectivity index (χ0v) is 17.9. The van der Waals surface area contributed by atoms with Crippen molar-refractivity contribution in [2.45, 2.75) is 11.8 Å². The Morgan fingerprint density at radius 2 is 1.61 bits per heavy atom. The lowest BCUT2D eigenvalue weighted by molar-refractivity contribution is 1.19. The number of aryl methyl sites for hydroxylation is 1. The van der Waals surface area contributed by atoms with Gasteiger partial charge in [-0.2, -0.15) is 0 Å². The van der Waals surface area contributed by atoms with E-state index >= 15 is 0 Å². The molecule has 1 atom stereocenters. The monoisotopic (exact) mass is 578 g/mol. The minimum absolute atomic E-state index is 0.177. The van der Waals surface area contributed by atoms with E-state index in [2.05, 4.69) is 105 Å². The molecule has 1 unspecified atom stereocenters. The zero-order valence-electron chi connectivity index (χ0n) is 9.11. The van der Waals surface area contributed by atoms with Crippen molar-refractivity contribution < 1.29 is 0 Å². The van der Waals surface area contributed by atoms with E-state index in [4.69, 9.17) is 0 Å². The molecule has 2 rings (SSSR count). The second kappa shape index (κ2) is 6.39. The third kappa shape index (κ3) is 3.31. The van der Waals surface area contributed by atoms with Gasteiger partial charge in [0.25, 0.3) is 0 Å². The Morgan fingerprint density at radius 1 is 0.944 bits per heavy atom. The topological polar surface area (TPSA) is 0 Å². The first kappa shape index (κ1) is 15.7. The summed E-state index contributed by atoms with van der Waals surface area (Å²) in [4.78, 5) is 1.43. The molecule has 0 aliphatic carbocycles. The van der Waals surface area contributed by atoms with Crippen molar-refractivity contribution in [3.8, 4) is 0 Å². The Bertz CT molecular complexity index is 571. The highest BCUT2D eigenvalue weighted by Gasteiger charge is 2.18. The van der Waals surface area contributed by atoms with Gasteiger partial charge < -0.3 is 0 Å². The first-order valence-corrected chi connectivity index (χ1v) is 9.85. The van der Waals surface area contributed by atoms with Gasteiger partial charge in [-0.25, -0.2) is 0 Å². The molecule has 18 heavy (non-hydrogen) atoms. The lowest BCUT2D eigenvalue weighted by Gasteiger charge is -2.12. The summed E-state index contributed by atoms with van der Waals surface area (Å²) in [5.74, 6) is 0. The molecule has 1 aromatic carbocycles. The van der Waals surface area contributed by atoms with E-state index in [1.807, 2.05) is 0 Å². The van der Waals surface area contributed by atoms with Crippen LogP contribution < -0.4 is 0 Å². The van der Waals surface area contributed by atoms with E-state index in [1.54, 1.807) is 11.3 Å². The number of hydrogen-bond acceptors (Lipinski definition) is 1. The van der Waals surface area contributed by atoms with Crippen LogP contribution in [0.3, 0.4) is 0 Å². The molecule has 0 saturated heterocycles. The smallest absolute Gasteiger partial charge is 0.0843 e. The summed E-state index contributed by atoms with van der Waals surface area (Å²) in [7, 11) is 0. The lowest BCUT2D eigenvalue weighted by Crippen LogP contribution is -1.93. The van der Waals surface area contributed by atoms with Crippen molar-refractivity contribution >= 4 is 91.0 Å². The van der Waals surface area contributed by atoms with Gasteiger partial charge in [0.05, 0.1) is 8.61 Å². The minimum atomic E-state index is 0.177. The molecule has 0 radical (unpaired) electrons. The van der Waals surface area contributed by atoms with Crippen LogP contribution in [0.25, 0.3) is 0 Å². The normalized spacial score (nSPS) is 12.8. The number of halogens is 5. The molecule has 96 valence electrons. The second-order valence-corrected chi connectivity index (χ2v) is 9.64. The Balaban J connectivity index is 2.45. The Hall–Kier alpha value is 1.32. The average Bonchev–Trinajstić information content (AvgIpc) is 2.63. The molecular weight excluding hydrogens is 576 g/mol. The molecule has 0 aliphatic rings. The molecule has 0 spiro atoms. The number of hydrogen-bond donors (Lipinski definition) is 0. The third-order valence-electron chi connectivity index (χ3n) is 2.47. The van der Waals surface area contributed by atoms with Crippen molar-refractivity contribution in [3.63, 3.8) is 0 Å². The summed E-state index contributed by atoms with van der Waals surface area (Å²) in [6.45, 7) is 2.08. The summed E-state index contributed by atoms with van der Waals surface area (Å²) < 4.78 is 4.45. The van der Waals surface area contributed by atoms with Gasteiger partial charge >= 0.3 is 0 Å². The van der Waals surface area contributed by atoms with Crippen LogP contribution in [-0.4, -0.2) is 0 Å². The number of alkyl halides is 1. The molecule has 1 aromatic heterocycles. The fourth-order valence-electron chi connectivity index (χ4n) is 1.50. The summed E-state index contributed by atoms with van der Waals surface area (Å²) in [5.41, 5.74) is 2.44. The zero-order chi connectivity index (χ0) is 13.4. The molecule has 0 aliphatic heterocycles. The number of thiophene rings is 1. The van der Waals surface area contributed by atoms with Crippen LogP contribution in [0, 0.1) is 6.92 Å². The summed E-state index contributed by atoms with van der Waals surface area (Å²) in [6.07, 6.45) is 0. The van der Waals surface area contributed by atoms with Crippen molar-refractivity contribution in [1.29, 1.82) is 0 Å². The maximum Gasteiger partial charge on any atom is 0.0843 e. The average molecular weight is 583 g/mol. The van der Waals surface area contributed by atoms with Crippen LogP contribution in [0.1, 0.15) is 20.8 Å². The highest BCUT2D eigenvalue weighted by Crippen LogP contribution is 2.44. The first-order chi connectivity index (χ1) is 8.40. The molecule has 0 saturated carbocycles. The van der Waals surface area contributed by atoms with Gasteiger partial charge in [-0.3, -0.25) is 0 Å². The van der Waals surface area contributed by atoms with Crippen LogP contribution >= 0.6 is 91.0 Å². The molecule has 0 nitrogen and oxygen atoms in total. The van der Waals surface area contributed by atoms with E-state index in [0.717, 1.165) is 17.2 Å². The van der Waals surface area contributed by atoms with Gasteiger partial charge in [0.15, 0.2) is 0 Å². The molecule has 6 heteroatoms. The van der Waals surface area contributed by atoms with Gasteiger partial charge in [-0.05, 0) is 68.1 Å². The Morgan fingerprint density at radius 3 is 2.17 bits per heavy atom. The number of benzene rings is 1. The summed E-state index contributed by atoms with van der Waals surface area (Å²) >= 11 is 19.8. The van der Waals surface area contributed by atoms with Crippen LogP contribution in [0.4, 0.5) is 0 Å². The fraction of sp³-hybridized carbons (Fsp3) is 0.167. The van der Waals surface area contributed by atoms with Gasteiger partial charge in [-0.15, -0.1) is 11.3 Å². The molecule has 0 N–H and O–H groups in total. The van der Waals surface area contributed by atoms with Crippen LogP contribution in [0.2, 0.25) is 0 Å². The standard InChI is InChI=1S/C12H7Br5S/c1-5-2-8(14)6(3-7(5)13)11(16)10-4-9(15)12(17)18-10/h2-4,11H,1H3. The van der Waals surface area contributed by atoms with Gasteiger partial charge in [0, 0.05) is 18.3 Å². The van der Waals surface area contributed by atoms with E-state index < -0.39 is 0 Å². The minimum Gasteiger partial charge on any atom is -0.131 e. The van der Waals surface area contributed by atoms with Crippen LogP contribution in [0.15, 0.2) is 35.4 Å². The maximum atomic E-state index is 3.77. The van der Waals surface area contributed by atoms with Crippen molar-refractivity contribution in [1.82, 2.24) is 0 Å². The summed E-state index contributed by atoms with van der Waals surface area (Å²) in [5, 5.41) is 0. The molecule has 0 amide bonds. The third-order valence-corrected chi connectivity index (χ3v) is 8.62. The highest BCUT2D eigenvalue weighted by molar-refractivity contribution is 9.13. The molecular formula is C12H7Br5S. The van der Waals surface area contributed by atoms with Gasteiger partial charge in [-0.1, -0.05) is 47.8 Å². The molecule has 1 heterocycles. The predicted molar refractivity (Wildman–Crippen MR) is 97.1 cm³/mol.